The summed E-state index contributed by atoms with van der Waals surface area (Å²) in [6.07, 6.45) is 5.70. The number of rotatable bonds is 5. The number of piperidine rings is 1. The fourth-order valence-electron chi connectivity index (χ4n) is 2.67. The van der Waals surface area contributed by atoms with Gasteiger partial charge in [-0.3, -0.25) is 0 Å². The van der Waals surface area contributed by atoms with Crippen LogP contribution in [0.4, 0.5) is 0 Å². The van der Waals surface area contributed by atoms with E-state index in [0.29, 0.717) is 0 Å². The summed E-state index contributed by atoms with van der Waals surface area (Å²) < 4.78 is 0. The fourth-order valence-corrected chi connectivity index (χ4v) is 2.67. The first-order valence-corrected chi connectivity index (χ1v) is 6.73. The third-order valence-electron chi connectivity index (χ3n) is 3.90. The lowest BCUT2D eigenvalue weighted by Gasteiger charge is -2.32. The van der Waals surface area contributed by atoms with E-state index >= 15 is 0 Å². The van der Waals surface area contributed by atoms with Crippen LogP contribution in [0.1, 0.15) is 39.5 Å². The van der Waals surface area contributed by atoms with Crippen LogP contribution in [0.3, 0.4) is 0 Å². The molecule has 2 heteroatoms. The minimum atomic E-state index is 0.757. The molecule has 0 spiro atoms. The molecule has 0 amide bonds. The quantitative estimate of drug-likeness (QED) is 0.747. The number of likely N-dealkylation sites (N-methyl/N-ethyl adjacent to an activating group) is 1. The van der Waals surface area contributed by atoms with Crippen molar-refractivity contribution in [2.45, 2.75) is 45.6 Å². The molecule has 0 aromatic rings. The average molecular weight is 210 g/mol. The molecule has 0 aromatic carbocycles. The first-order valence-electron chi connectivity index (χ1n) is 6.73. The SMILES string of the molecule is CCN(CC1CC1)CC1CC(C)CCN1. The highest BCUT2D eigenvalue weighted by atomic mass is 15.2. The van der Waals surface area contributed by atoms with Crippen molar-refractivity contribution in [3.8, 4) is 0 Å². The van der Waals surface area contributed by atoms with Gasteiger partial charge in [-0.2, -0.15) is 0 Å². The maximum atomic E-state index is 3.67. The molecule has 15 heavy (non-hydrogen) atoms. The Kier molecular flexibility index (Phi) is 4.04. The molecule has 1 saturated carbocycles. The Morgan fingerprint density at radius 1 is 1.20 bits per heavy atom. The fraction of sp³-hybridized carbons (Fsp3) is 1.00. The van der Waals surface area contributed by atoms with E-state index in [2.05, 4.69) is 24.1 Å². The predicted octanol–water partition coefficient (Wildman–Crippen LogP) is 2.11. The number of hydrogen-bond donors (Lipinski definition) is 1. The van der Waals surface area contributed by atoms with Gasteiger partial charge in [0.2, 0.25) is 0 Å². The molecule has 0 aromatic heterocycles. The monoisotopic (exact) mass is 210 g/mol. The van der Waals surface area contributed by atoms with Crippen molar-refractivity contribution in [2.24, 2.45) is 11.8 Å². The van der Waals surface area contributed by atoms with E-state index in [-0.39, 0.29) is 0 Å². The summed E-state index contributed by atoms with van der Waals surface area (Å²) in [4.78, 5) is 2.65. The Bertz CT molecular complexity index is 187. The van der Waals surface area contributed by atoms with E-state index in [4.69, 9.17) is 0 Å². The molecule has 0 radical (unpaired) electrons. The lowest BCUT2D eigenvalue weighted by atomic mass is 9.94. The van der Waals surface area contributed by atoms with E-state index < -0.39 is 0 Å². The number of nitrogens with one attached hydrogen (secondary N) is 1. The van der Waals surface area contributed by atoms with E-state index in [1.54, 1.807) is 0 Å². The summed E-state index contributed by atoms with van der Waals surface area (Å²) in [5.74, 6) is 1.96. The summed E-state index contributed by atoms with van der Waals surface area (Å²) in [5.41, 5.74) is 0. The van der Waals surface area contributed by atoms with Crippen LogP contribution < -0.4 is 5.32 Å². The molecule has 0 bridgehead atoms. The van der Waals surface area contributed by atoms with Gasteiger partial charge in [0, 0.05) is 19.1 Å². The van der Waals surface area contributed by atoms with Crippen LogP contribution in [0.2, 0.25) is 0 Å². The molecule has 2 unspecified atom stereocenters. The first-order chi connectivity index (χ1) is 7.28. The van der Waals surface area contributed by atoms with Crippen molar-refractivity contribution in [1.82, 2.24) is 10.2 Å². The minimum absolute atomic E-state index is 0.757. The van der Waals surface area contributed by atoms with Gasteiger partial charge in [-0.15, -0.1) is 0 Å². The van der Waals surface area contributed by atoms with E-state index in [1.165, 1.54) is 51.9 Å². The highest BCUT2D eigenvalue weighted by Gasteiger charge is 2.26. The van der Waals surface area contributed by atoms with Crippen LogP contribution in [-0.2, 0) is 0 Å². The van der Waals surface area contributed by atoms with E-state index in [9.17, 15) is 0 Å². The Balaban J connectivity index is 1.72. The molecular weight excluding hydrogens is 184 g/mol. The largest absolute Gasteiger partial charge is 0.313 e. The molecule has 2 atom stereocenters. The first kappa shape index (κ1) is 11.4. The third kappa shape index (κ3) is 3.76. The molecule has 2 rings (SSSR count). The smallest absolute Gasteiger partial charge is 0.0197 e. The third-order valence-corrected chi connectivity index (χ3v) is 3.90. The van der Waals surface area contributed by atoms with Crippen molar-refractivity contribution in [3.63, 3.8) is 0 Å². The average Bonchev–Trinajstić information content (AvgIpc) is 3.01. The zero-order valence-electron chi connectivity index (χ0n) is 10.3. The van der Waals surface area contributed by atoms with E-state index in [1.807, 2.05) is 0 Å². The maximum Gasteiger partial charge on any atom is 0.0197 e. The summed E-state index contributed by atoms with van der Waals surface area (Å²) in [7, 11) is 0. The van der Waals surface area contributed by atoms with Crippen molar-refractivity contribution in [1.29, 1.82) is 0 Å². The van der Waals surface area contributed by atoms with Gasteiger partial charge < -0.3 is 10.2 Å². The standard InChI is InChI=1S/C13H26N2/c1-3-15(9-12-4-5-12)10-13-8-11(2)6-7-14-13/h11-14H,3-10H2,1-2H3. The van der Waals surface area contributed by atoms with Crippen molar-refractivity contribution >= 4 is 0 Å². The second-order valence-corrected chi connectivity index (χ2v) is 5.58. The molecular formula is C13H26N2. The summed E-state index contributed by atoms with van der Waals surface area (Å²) >= 11 is 0. The van der Waals surface area contributed by atoms with Gasteiger partial charge >= 0.3 is 0 Å². The molecule has 1 heterocycles. The molecule has 1 N–H and O–H groups in total. The molecule has 88 valence electrons. The zero-order chi connectivity index (χ0) is 10.7. The van der Waals surface area contributed by atoms with Crippen LogP contribution in [0.15, 0.2) is 0 Å². The van der Waals surface area contributed by atoms with Crippen molar-refractivity contribution < 1.29 is 0 Å². The van der Waals surface area contributed by atoms with Crippen molar-refractivity contribution in [2.75, 3.05) is 26.2 Å². The Morgan fingerprint density at radius 3 is 2.60 bits per heavy atom. The number of hydrogen-bond acceptors (Lipinski definition) is 2. The molecule has 2 aliphatic rings. The molecule has 2 nitrogen and oxygen atoms in total. The zero-order valence-corrected chi connectivity index (χ0v) is 10.3. The van der Waals surface area contributed by atoms with E-state index in [0.717, 1.165) is 17.9 Å². The van der Waals surface area contributed by atoms with Gasteiger partial charge in [0.05, 0.1) is 0 Å². The Morgan fingerprint density at radius 2 is 2.00 bits per heavy atom. The van der Waals surface area contributed by atoms with Gasteiger partial charge in [0.25, 0.3) is 0 Å². The minimum Gasteiger partial charge on any atom is -0.313 e. The summed E-state index contributed by atoms with van der Waals surface area (Å²) in [6.45, 7) is 9.77. The van der Waals surface area contributed by atoms with Crippen molar-refractivity contribution in [3.05, 3.63) is 0 Å². The van der Waals surface area contributed by atoms with Crippen LogP contribution in [0, 0.1) is 11.8 Å². The maximum absolute atomic E-state index is 3.67. The number of nitrogens with zero attached hydrogens (tertiary/aromatic N) is 1. The Hall–Kier alpha value is -0.0800. The lowest BCUT2D eigenvalue weighted by molar-refractivity contribution is 0.207. The Labute approximate surface area is 94.4 Å². The predicted molar refractivity (Wildman–Crippen MR) is 65.0 cm³/mol. The lowest BCUT2D eigenvalue weighted by Crippen LogP contribution is -2.46. The van der Waals surface area contributed by atoms with Gasteiger partial charge in [0.1, 0.15) is 0 Å². The van der Waals surface area contributed by atoms with Gasteiger partial charge in [-0.05, 0) is 50.6 Å². The van der Waals surface area contributed by atoms with Gasteiger partial charge in [0.15, 0.2) is 0 Å². The van der Waals surface area contributed by atoms with Crippen LogP contribution >= 0.6 is 0 Å². The molecule has 1 aliphatic heterocycles. The molecule has 1 aliphatic carbocycles. The molecule has 1 saturated heterocycles. The second kappa shape index (κ2) is 5.31. The highest BCUT2D eigenvalue weighted by Crippen LogP contribution is 2.29. The van der Waals surface area contributed by atoms with Crippen LogP contribution in [0.5, 0.6) is 0 Å². The second-order valence-electron chi connectivity index (χ2n) is 5.58. The van der Waals surface area contributed by atoms with Crippen LogP contribution in [0.25, 0.3) is 0 Å². The van der Waals surface area contributed by atoms with Crippen LogP contribution in [-0.4, -0.2) is 37.1 Å². The normalized spacial score (nSPS) is 32.2. The highest BCUT2D eigenvalue weighted by molar-refractivity contribution is 4.82. The topological polar surface area (TPSA) is 15.3 Å². The molecule has 2 fully saturated rings. The van der Waals surface area contributed by atoms with Gasteiger partial charge in [-0.1, -0.05) is 13.8 Å². The summed E-state index contributed by atoms with van der Waals surface area (Å²) in [6, 6.07) is 0.757. The van der Waals surface area contributed by atoms with Gasteiger partial charge in [-0.25, -0.2) is 0 Å². The summed E-state index contributed by atoms with van der Waals surface area (Å²) in [5, 5.41) is 3.67.